The second-order valence-electron chi connectivity index (χ2n) is 8.07. The molecule has 4 aromatic rings. The van der Waals surface area contributed by atoms with Crippen molar-refractivity contribution in [3.63, 3.8) is 0 Å². The highest BCUT2D eigenvalue weighted by atomic mass is 16.5. The monoisotopic (exact) mass is 454 g/mol. The van der Waals surface area contributed by atoms with Crippen molar-refractivity contribution >= 4 is 11.6 Å². The van der Waals surface area contributed by atoms with E-state index < -0.39 is 0 Å². The van der Waals surface area contributed by atoms with Crippen LogP contribution < -0.4 is 10.1 Å². The summed E-state index contributed by atoms with van der Waals surface area (Å²) in [6.07, 6.45) is 6.00. The van der Waals surface area contributed by atoms with Crippen molar-refractivity contribution in [2.75, 3.05) is 20.3 Å². The summed E-state index contributed by atoms with van der Waals surface area (Å²) in [4.78, 5) is 21.5. The molecule has 9 nitrogen and oxygen atoms in total. The van der Waals surface area contributed by atoms with Gasteiger partial charge in [0.25, 0.3) is 5.91 Å². The lowest BCUT2D eigenvalue weighted by Gasteiger charge is -2.15. The lowest BCUT2D eigenvalue weighted by molar-refractivity contribution is 0.0963. The van der Waals surface area contributed by atoms with Gasteiger partial charge in [0.1, 0.15) is 6.10 Å². The van der Waals surface area contributed by atoms with Crippen molar-refractivity contribution in [2.24, 2.45) is 0 Å². The summed E-state index contributed by atoms with van der Waals surface area (Å²) < 4.78 is 13.4. The normalized spacial score (nSPS) is 15.3. The molecule has 0 radical (unpaired) electrons. The minimum atomic E-state index is -0.276. The first-order valence-corrected chi connectivity index (χ1v) is 10.9. The Kier molecular flexibility index (Phi) is 5.65. The van der Waals surface area contributed by atoms with Crippen LogP contribution >= 0.6 is 0 Å². The Hall–Kier alpha value is -4.29. The average molecular weight is 454 g/mol. The summed E-state index contributed by atoms with van der Waals surface area (Å²) in [7, 11) is 1.55. The van der Waals surface area contributed by atoms with Gasteiger partial charge < -0.3 is 14.8 Å². The fraction of sp³-hybridized carbons (Fsp3) is 0.240. The predicted octanol–water partition coefficient (Wildman–Crippen LogP) is 3.17. The number of carbonyl (C=O) groups is 1. The fourth-order valence-corrected chi connectivity index (χ4v) is 3.90. The van der Waals surface area contributed by atoms with Gasteiger partial charge in [-0.05, 0) is 36.8 Å². The Labute approximate surface area is 196 Å². The van der Waals surface area contributed by atoms with Crippen LogP contribution in [0.25, 0.3) is 27.9 Å². The number of fused-ring (bicyclic) bond motifs is 1. The van der Waals surface area contributed by atoms with E-state index in [9.17, 15) is 10.1 Å². The quantitative estimate of drug-likeness (QED) is 0.493. The number of benzene rings is 1. The maximum atomic E-state index is 12.2. The van der Waals surface area contributed by atoms with Crippen molar-refractivity contribution in [3.05, 3.63) is 65.7 Å². The van der Waals surface area contributed by atoms with Gasteiger partial charge in [0.15, 0.2) is 5.65 Å². The summed E-state index contributed by atoms with van der Waals surface area (Å²) >= 11 is 0. The van der Waals surface area contributed by atoms with E-state index in [1.54, 1.807) is 42.2 Å². The number of ether oxygens (including phenoxy) is 2. The van der Waals surface area contributed by atoms with E-state index in [1.807, 2.05) is 25.3 Å². The summed E-state index contributed by atoms with van der Waals surface area (Å²) in [6, 6.07) is 11.0. The molecule has 1 fully saturated rings. The van der Waals surface area contributed by atoms with Crippen LogP contribution in [0.2, 0.25) is 0 Å². The molecule has 1 amide bonds. The van der Waals surface area contributed by atoms with Gasteiger partial charge in [-0.25, -0.2) is 4.52 Å². The highest BCUT2D eigenvalue weighted by Gasteiger charge is 2.22. The number of hydrogen-bond acceptors (Lipinski definition) is 7. The van der Waals surface area contributed by atoms with Gasteiger partial charge in [0.05, 0.1) is 36.6 Å². The van der Waals surface area contributed by atoms with Gasteiger partial charge in [0.2, 0.25) is 5.88 Å². The molecule has 9 heteroatoms. The fourth-order valence-electron chi connectivity index (χ4n) is 3.90. The van der Waals surface area contributed by atoms with Crippen LogP contribution in [0.5, 0.6) is 5.88 Å². The molecular formula is C25H22N6O3. The number of amides is 1. The molecule has 0 unspecified atom stereocenters. The number of pyridine rings is 1. The molecule has 1 atom stereocenters. The standard InChI is InChI=1S/C25H22N6O3/c1-15-3-4-17(11-28-15)22-13-31-23(30-25(22)34-20-5-6-33-14-20)21(12-29-31)18-7-16(10-26)8-19(9-18)24(32)27-2/h3-4,7-9,11-13,20H,5-6,14H2,1-2H3,(H,27,32)/t20-/m0/s1. The summed E-state index contributed by atoms with van der Waals surface area (Å²) in [6.45, 7) is 3.08. The van der Waals surface area contributed by atoms with Crippen molar-refractivity contribution in [3.8, 4) is 34.2 Å². The Balaban J connectivity index is 1.66. The lowest BCUT2D eigenvalue weighted by Crippen LogP contribution is -2.18. The minimum absolute atomic E-state index is 0.0970. The number of nitrogens with one attached hydrogen (secondary N) is 1. The largest absolute Gasteiger partial charge is 0.471 e. The smallest absolute Gasteiger partial charge is 0.251 e. The molecule has 4 heterocycles. The van der Waals surface area contributed by atoms with Crippen LogP contribution in [0.15, 0.2) is 48.9 Å². The SMILES string of the molecule is CNC(=O)c1cc(C#N)cc(-c2cnn3cc(-c4ccc(C)nc4)c(O[C@H]4CCOC4)nc23)c1. The summed E-state index contributed by atoms with van der Waals surface area (Å²) in [5.41, 5.74) is 5.20. The molecule has 1 N–H and O–H groups in total. The molecule has 34 heavy (non-hydrogen) atoms. The van der Waals surface area contributed by atoms with Crippen molar-refractivity contribution in [1.82, 2.24) is 24.9 Å². The zero-order valence-electron chi connectivity index (χ0n) is 18.8. The van der Waals surface area contributed by atoms with Crippen LogP contribution in [0, 0.1) is 18.3 Å². The Morgan fingerprint density at radius 3 is 2.82 bits per heavy atom. The van der Waals surface area contributed by atoms with Crippen LogP contribution in [0.1, 0.15) is 28.0 Å². The molecule has 3 aromatic heterocycles. The summed E-state index contributed by atoms with van der Waals surface area (Å²) in [5.74, 6) is 0.181. The van der Waals surface area contributed by atoms with Crippen LogP contribution in [0.4, 0.5) is 0 Å². The zero-order chi connectivity index (χ0) is 23.7. The first kappa shape index (κ1) is 21.6. The van der Waals surface area contributed by atoms with Crippen molar-refractivity contribution in [1.29, 1.82) is 5.26 Å². The van der Waals surface area contributed by atoms with Crippen LogP contribution in [-0.2, 0) is 4.74 Å². The van der Waals surface area contributed by atoms with E-state index in [4.69, 9.17) is 14.5 Å². The molecule has 1 saturated heterocycles. The third-order valence-electron chi connectivity index (χ3n) is 5.71. The zero-order valence-corrected chi connectivity index (χ0v) is 18.8. The van der Waals surface area contributed by atoms with E-state index in [-0.39, 0.29) is 12.0 Å². The van der Waals surface area contributed by atoms with Gasteiger partial charge in [-0.1, -0.05) is 6.07 Å². The number of hydrogen-bond donors (Lipinski definition) is 1. The molecule has 1 aliphatic heterocycles. The number of rotatable bonds is 5. The van der Waals surface area contributed by atoms with Crippen molar-refractivity contribution in [2.45, 2.75) is 19.4 Å². The number of aryl methyl sites for hydroxylation is 1. The highest BCUT2D eigenvalue weighted by Crippen LogP contribution is 2.33. The molecule has 0 saturated carbocycles. The van der Waals surface area contributed by atoms with E-state index in [2.05, 4.69) is 21.5 Å². The molecule has 0 spiro atoms. The molecule has 170 valence electrons. The molecule has 1 aromatic carbocycles. The third kappa shape index (κ3) is 4.07. The van der Waals surface area contributed by atoms with E-state index in [0.29, 0.717) is 47.0 Å². The van der Waals surface area contributed by atoms with Crippen LogP contribution in [0.3, 0.4) is 0 Å². The van der Waals surface area contributed by atoms with E-state index >= 15 is 0 Å². The average Bonchev–Trinajstić information content (AvgIpc) is 3.53. The molecule has 5 rings (SSSR count). The van der Waals surface area contributed by atoms with E-state index in [0.717, 1.165) is 23.2 Å². The maximum absolute atomic E-state index is 12.2. The first-order chi connectivity index (χ1) is 16.6. The highest BCUT2D eigenvalue weighted by molar-refractivity contribution is 5.96. The maximum Gasteiger partial charge on any atom is 0.251 e. The number of carbonyl (C=O) groups excluding carboxylic acids is 1. The summed E-state index contributed by atoms with van der Waals surface area (Å²) in [5, 5.41) is 16.6. The van der Waals surface area contributed by atoms with Gasteiger partial charge in [-0.3, -0.25) is 9.78 Å². The minimum Gasteiger partial charge on any atom is -0.471 e. The molecule has 0 bridgehead atoms. The Morgan fingerprint density at radius 1 is 1.24 bits per heavy atom. The molecule has 0 aliphatic carbocycles. The van der Waals surface area contributed by atoms with Gasteiger partial charge in [-0.2, -0.15) is 15.3 Å². The van der Waals surface area contributed by atoms with Crippen molar-refractivity contribution < 1.29 is 14.3 Å². The Morgan fingerprint density at radius 2 is 2.12 bits per heavy atom. The number of aromatic nitrogens is 4. The number of nitriles is 1. The lowest BCUT2D eigenvalue weighted by atomic mass is 10.0. The topological polar surface area (TPSA) is 114 Å². The predicted molar refractivity (Wildman–Crippen MR) is 124 cm³/mol. The van der Waals surface area contributed by atoms with E-state index in [1.165, 1.54) is 0 Å². The van der Waals surface area contributed by atoms with Gasteiger partial charge in [-0.15, -0.1) is 0 Å². The second-order valence-corrected chi connectivity index (χ2v) is 8.07. The first-order valence-electron chi connectivity index (χ1n) is 10.9. The Bertz CT molecular complexity index is 1420. The van der Waals surface area contributed by atoms with Crippen LogP contribution in [-0.4, -0.2) is 51.9 Å². The second kappa shape index (κ2) is 8.92. The molecular weight excluding hydrogens is 432 g/mol. The van der Waals surface area contributed by atoms with Gasteiger partial charge in [0, 0.05) is 48.2 Å². The van der Waals surface area contributed by atoms with Gasteiger partial charge >= 0.3 is 0 Å². The third-order valence-corrected chi connectivity index (χ3v) is 5.71. The number of nitrogens with zero attached hydrogens (tertiary/aromatic N) is 5. The molecule has 1 aliphatic rings.